The number of imidazole rings is 1. The number of aryl methyl sites for hydroxylation is 1. The molecule has 0 atom stereocenters. The van der Waals surface area contributed by atoms with Crippen LogP contribution in [0.3, 0.4) is 0 Å². The first-order valence-corrected chi connectivity index (χ1v) is 7.25. The van der Waals surface area contributed by atoms with Gasteiger partial charge >= 0.3 is 0 Å². The fourth-order valence-electron chi connectivity index (χ4n) is 2.35. The van der Waals surface area contributed by atoms with Gasteiger partial charge in [0.25, 0.3) is 0 Å². The van der Waals surface area contributed by atoms with Crippen LogP contribution >= 0.6 is 0 Å². The first kappa shape index (κ1) is 15.8. The maximum atomic E-state index is 9.97. The summed E-state index contributed by atoms with van der Waals surface area (Å²) in [5.74, 6) is 0.409. The minimum Gasteiger partial charge on any atom is -0.390 e. The van der Waals surface area contributed by atoms with E-state index in [1.54, 1.807) is 13.8 Å². The predicted molar refractivity (Wildman–Crippen MR) is 85.1 cm³/mol. The molecule has 0 fully saturated rings. The Balaban J connectivity index is 2.29. The summed E-state index contributed by atoms with van der Waals surface area (Å²) in [4.78, 5) is 4.37. The molecule has 0 amide bonds. The molecule has 5 heteroatoms. The number of fused-ring (bicyclic) bond motifs is 1. The molecule has 1 aromatic heterocycles. The summed E-state index contributed by atoms with van der Waals surface area (Å²) in [6, 6.07) is 6.00. The lowest BCUT2D eigenvalue weighted by molar-refractivity contribution is 0.0632. The van der Waals surface area contributed by atoms with Crippen molar-refractivity contribution in [1.29, 1.82) is 0 Å². The first-order chi connectivity index (χ1) is 9.55. The highest BCUT2D eigenvalue weighted by molar-refractivity contribution is 5.79. The fourth-order valence-corrected chi connectivity index (χ4v) is 2.35. The molecule has 0 unspecified atom stereocenters. The average molecular weight is 291 g/mol. The normalized spacial score (nSPS) is 13.0. The van der Waals surface area contributed by atoms with Gasteiger partial charge in [-0.1, -0.05) is 6.07 Å². The highest BCUT2D eigenvalue weighted by Crippen LogP contribution is 2.23. The molecule has 0 aliphatic rings. The lowest BCUT2D eigenvalue weighted by Crippen LogP contribution is -2.26. The maximum Gasteiger partial charge on any atom is 0.201 e. The second-order valence-corrected chi connectivity index (χ2v) is 7.00. The van der Waals surface area contributed by atoms with Gasteiger partial charge < -0.3 is 20.5 Å². The van der Waals surface area contributed by atoms with E-state index in [-0.39, 0.29) is 0 Å². The van der Waals surface area contributed by atoms with E-state index < -0.39 is 11.2 Å². The monoisotopic (exact) mass is 291 g/mol. The number of nitrogens with zero attached hydrogens (tertiary/aromatic N) is 2. The number of rotatable bonds is 5. The molecule has 21 heavy (non-hydrogen) atoms. The van der Waals surface area contributed by atoms with Gasteiger partial charge in [-0.3, -0.25) is 0 Å². The minimum absolute atomic E-state index is 0.401. The molecule has 0 saturated heterocycles. The number of benzene rings is 1. The number of anilines is 1. The van der Waals surface area contributed by atoms with Gasteiger partial charge in [0.1, 0.15) is 0 Å². The Morgan fingerprint density at radius 1 is 1.14 bits per heavy atom. The first-order valence-electron chi connectivity index (χ1n) is 7.25. The molecule has 2 aromatic rings. The van der Waals surface area contributed by atoms with Crippen molar-refractivity contribution in [2.45, 2.75) is 58.3 Å². The summed E-state index contributed by atoms with van der Waals surface area (Å²) in [5.41, 5.74) is 7.30. The molecular weight excluding hydrogens is 266 g/mol. The molecule has 0 radical (unpaired) electrons. The van der Waals surface area contributed by atoms with Crippen LogP contribution in [0.1, 0.15) is 39.7 Å². The number of aromatic nitrogens is 2. The van der Waals surface area contributed by atoms with Crippen LogP contribution in [0.2, 0.25) is 0 Å². The van der Waals surface area contributed by atoms with Gasteiger partial charge in [-0.2, -0.15) is 0 Å². The molecule has 0 aliphatic carbocycles. The van der Waals surface area contributed by atoms with Crippen molar-refractivity contribution in [1.82, 2.24) is 9.55 Å². The Labute approximate surface area is 125 Å². The predicted octanol–water partition coefficient (Wildman–Crippen LogP) is 2.09. The zero-order chi connectivity index (χ0) is 15.8. The number of hydrogen-bond acceptors (Lipinski definition) is 4. The van der Waals surface area contributed by atoms with Crippen molar-refractivity contribution in [3.8, 4) is 0 Å². The van der Waals surface area contributed by atoms with Gasteiger partial charge in [0.05, 0.1) is 28.8 Å². The van der Waals surface area contributed by atoms with Crippen molar-refractivity contribution in [3.63, 3.8) is 0 Å². The Morgan fingerprint density at radius 2 is 1.81 bits per heavy atom. The minimum atomic E-state index is -0.846. The number of hydrogen-bond donors (Lipinski definition) is 3. The topological polar surface area (TPSA) is 84.3 Å². The van der Waals surface area contributed by atoms with E-state index >= 15 is 0 Å². The second-order valence-electron chi connectivity index (χ2n) is 7.00. The zero-order valence-corrected chi connectivity index (χ0v) is 13.2. The lowest BCUT2D eigenvalue weighted by Gasteiger charge is -2.19. The van der Waals surface area contributed by atoms with Crippen LogP contribution in [-0.4, -0.2) is 31.0 Å². The SMILES string of the molecule is CC(C)(O)CCc1ccc2c(c1)nc(N)n2CC(C)(C)O. The molecule has 0 bridgehead atoms. The van der Waals surface area contributed by atoms with Crippen molar-refractivity contribution in [3.05, 3.63) is 23.8 Å². The number of nitrogens with two attached hydrogens (primary N) is 1. The van der Waals surface area contributed by atoms with Crippen LogP contribution in [-0.2, 0) is 13.0 Å². The molecule has 1 aromatic carbocycles. The highest BCUT2D eigenvalue weighted by Gasteiger charge is 2.18. The van der Waals surface area contributed by atoms with Gasteiger partial charge in [0, 0.05) is 0 Å². The molecule has 2 rings (SSSR count). The van der Waals surface area contributed by atoms with Crippen LogP contribution in [0.4, 0.5) is 5.95 Å². The van der Waals surface area contributed by atoms with E-state index in [1.807, 2.05) is 36.6 Å². The standard InChI is InChI=1S/C16H25N3O2/c1-15(2,20)8-7-11-5-6-13-12(9-11)18-14(17)19(13)10-16(3,4)21/h5-6,9,20-21H,7-8,10H2,1-4H3,(H2,17,18). The van der Waals surface area contributed by atoms with Gasteiger partial charge in [-0.15, -0.1) is 0 Å². The highest BCUT2D eigenvalue weighted by atomic mass is 16.3. The maximum absolute atomic E-state index is 9.97. The number of aliphatic hydroxyl groups is 2. The third kappa shape index (κ3) is 4.19. The van der Waals surface area contributed by atoms with Crippen LogP contribution in [0.5, 0.6) is 0 Å². The zero-order valence-electron chi connectivity index (χ0n) is 13.2. The van der Waals surface area contributed by atoms with Gasteiger partial charge in [-0.25, -0.2) is 4.98 Å². The van der Waals surface area contributed by atoms with E-state index in [2.05, 4.69) is 4.98 Å². The summed E-state index contributed by atoms with van der Waals surface area (Å²) in [6.45, 7) is 7.51. The lowest BCUT2D eigenvalue weighted by atomic mass is 9.99. The third-order valence-corrected chi connectivity index (χ3v) is 3.41. The van der Waals surface area contributed by atoms with Crippen LogP contribution in [0.15, 0.2) is 18.2 Å². The van der Waals surface area contributed by atoms with E-state index in [1.165, 1.54) is 0 Å². The Bertz CT molecular complexity index is 633. The third-order valence-electron chi connectivity index (χ3n) is 3.41. The summed E-state index contributed by atoms with van der Waals surface area (Å²) < 4.78 is 1.83. The van der Waals surface area contributed by atoms with E-state index in [4.69, 9.17) is 5.73 Å². The molecule has 0 aliphatic heterocycles. The molecule has 0 saturated carbocycles. The molecule has 0 spiro atoms. The summed E-state index contributed by atoms with van der Waals surface area (Å²) in [7, 11) is 0. The van der Waals surface area contributed by atoms with E-state index in [0.717, 1.165) is 23.0 Å². The Morgan fingerprint density at radius 3 is 2.38 bits per heavy atom. The van der Waals surface area contributed by atoms with Crippen LogP contribution in [0.25, 0.3) is 11.0 Å². The quantitative estimate of drug-likeness (QED) is 0.787. The molecule has 1 heterocycles. The largest absolute Gasteiger partial charge is 0.390 e. The van der Waals surface area contributed by atoms with Gasteiger partial charge in [0.2, 0.25) is 5.95 Å². The van der Waals surface area contributed by atoms with Crippen molar-refractivity contribution in [2.24, 2.45) is 0 Å². The Kier molecular flexibility index (Phi) is 4.00. The summed E-state index contributed by atoms with van der Waals surface area (Å²) >= 11 is 0. The number of nitrogen functional groups attached to an aromatic ring is 1. The van der Waals surface area contributed by atoms with E-state index in [0.29, 0.717) is 18.9 Å². The smallest absolute Gasteiger partial charge is 0.201 e. The van der Waals surface area contributed by atoms with E-state index in [9.17, 15) is 10.2 Å². The van der Waals surface area contributed by atoms with Crippen LogP contribution < -0.4 is 5.73 Å². The molecule has 4 N–H and O–H groups in total. The molecular formula is C16H25N3O2. The summed E-state index contributed by atoms with van der Waals surface area (Å²) in [6.07, 6.45) is 1.48. The second kappa shape index (κ2) is 5.31. The van der Waals surface area contributed by atoms with Gasteiger partial charge in [-0.05, 0) is 58.2 Å². The van der Waals surface area contributed by atoms with Crippen molar-refractivity contribution >= 4 is 17.0 Å². The molecule has 5 nitrogen and oxygen atoms in total. The van der Waals surface area contributed by atoms with Crippen molar-refractivity contribution in [2.75, 3.05) is 5.73 Å². The average Bonchev–Trinajstić information content (AvgIpc) is 2.60. The Hall–Kier alpha value is -1.59. The van der Waals surface area contributed by atoms with Crippen LogP contribution in [0, 0.1) is 0 Å². The summed E-state index contributed by atoms with van der Waals surface area (Å²) in [5, 5.41) is 19.8. The van der Waals surface area contributed by atoms with Crippen molar-refractivity contribution < 1.29 is 10.2 Å². The van der Waals surface area contributed by atoms with Gasteiger partial charge in [0.15, 0.2) is 0 Å². The molecule has 116 valence electrons. The fraction of sp³-hybridized carbons (Fsp3) is 0.562.